The summed E-state index contributed by atoms with van der Waals surface area (Å²) in [4.78, 5) is 18.0. The van der Waals surface area contributed by atoms with E-state index in [1.807, 2.05) is 11.0 Å². The van der Waals surface area contributed by atoms with Crippen molar-refractivity contribution < 1.29 is 9.18 Å². The average Bonchev–Trinajstić information content (AvgIpc) is 2.95. The Labute approximate surface area is 125 Å². The lowest BCUT2D eigenvalue weighted by atomic mass is 10.0. The summed E-state index contributed by atoms with van der Waals surface area (Å²) >= 11 is 0. The number of fused-ring (bicyclic) bond motifs is 1. The van der Waals surface area contributed by atoms with Crippen LogP contribution >= 0.6 is 0 Å². The van der Waals surface area contributed by atoms with Crippen LogP contribution in [0.5, 0.6) is 0 Å². The highest BCUT2D eigenvalue weighted by Gasteiger charge is 2.41. The summed E-state index contributed by atoms with van der Waals surface area (Å²) in [6, 6.07) is 6.93. The molecule has 0 aliphatic carbocycles. The largest absolute Gasteiger partial charge is 0.331 e. The van der Waals surface area contributed by atoms with Gasteiger partial charge in [0.15, 0.2) is 0 Å². The van der Waals surface area contributed by atoms with E-state index in [4.69, 9.17) is 0 Å². The van der Waals surface area contributed by atoms with Gasteiger partial charge in [0.2, 0.25) is 0 Å². The molecule has 0 N–H and O–H groups in total. The molecule has 1 aromatic carbocycles. The summed E-state index contributed by atoms with van der Waals surface area (Å²) in [7, 11) is 3.60. The normalized spacial score (nSPS) is 25.2. The van der Waals surface area contributed by atoms with Gasteiger partial charge in [-0.25, -0.2) is 9.18 Å². The van der Waals surface area contributed by atoms with Gasteiger partial charge >= 0.3 is 6.03 Å². The lowest BCUT2D eigenvalue weighted by molar-refractivity contribution is 0.173. The summed E-state index contributed by atoms with van der Waals surface area (Å²) in [5, 5.41) is 0. The topological polar surface area (TPSA) is 26.8 Å². The fourth-order valence-electron chi connectivity index (χ4n) is 3.55. The molecule has 5 heteroatoms. The molecule has 2 fully saturated rings. The summed E-state index contributed by atoms with van der Waals surface area (Å²) in [5.41, 5.74) is 1.02. The van der Waals surface area contributed by atoms with Crippen LogP contribution in [-0.2, 0) is 6.54 Å². The second-order valence-corrected chi connectivity index (χ2v) is 6.43. The van der Waals surface area contributed by atoms with E-state index in [2.05, 4.69) is 4.90 Å². The fraction of sp³-hybridized carbons (Fsp3) is 0.562. The predicted octanol–water partition coefficient (Wildman–Crippen LogP) is 1.87. The molecule has 0 bridgehead atoms. The molecule has 2 heterocycles. The number of urea groups is 1. The van der Waals surface area contributed by atoms with Crippen LogP contribution in [0.3, 0.4) is 0 Å². The minimum absolute atomic E-state index is 0.112. The second-order valence-electron chi connectivity index (χ2n) is 6.43. The van der Waals surface area contributed by atoms with E-state index in [9.17, 15) is 9.18 Å². The molecule has 3 rings (SSSR count). The highest BCUT2D eigenvalue weighted by Crippen LogP contribution is 2.32. The number of carbonyl (C=O) groups excluding carboxylic acids is 1. The van der Waals surface area contributed by atoms with Crippen molar-refractivity contribution >= 4 is 6.03 Å². The molecular weight excluding hydrogens is 269 g/mol. The molecule has 0 aromatic heterocycles. The first-order valence-corrected chi connectivity index (χ1v) is 7.46. The number of rotatable bonds is 2. The third-order valence-electron chi connectivity index (χ3n) is 4.51. The van der Waals surface area contributed by atoms with Crippen LogP contribution in [0.1, 0.15) is 5.56 Å². The van der Waals surface area contributed by atoms with Crippen molar-refractivity contribution in [3.05, 3.63) is 35.6 Å². The molecule has 2 aliphatic rings. The number of hydrogen-bond donors (Lipinski definition) is 0. The average molecular weight is 291 g/mol. The Balaban J connectivity index is 1.56. The number of amides is 2. The zero-order valence-electron chi connectivity index (χ0n) is 12.6. The van der Waals surface area contributed by atoms with Crippen LogP contribution in [0, 0.1) is 17.7 Å². The quantitative estimate of drug-likeness (QED) is 0.832. The SMILES string of the molecule is CN(C)C(=O)N1C[C@H]2CN(Cc3cccc(F)c3)C[C@H]2C1. The smallest absolute Gasteiger partial charge is 0.319 e. The van der Waals surface area contributed by atoms with Gasteiger partial charge in [-0.1, -0.05) is 12.1 Å². The van der Waals surface area contributed by atoms with E-state index in [0.717, 1.165) is 38.3 Å². The Hall–Kier alpha value is -1.62. The van der Waals surface area contributed by atoms with Crippen LogP contribution < -0.4 is 0 Å². The van der Waals surface area contributed by atoms with Crippen molar-refractivity contribution in [1.82, 2.24) is 14.7 Å². The molecule has 0 radical (unpaired) electrons. The lowest BCUT2D eigenvalue weighted by Gasteiger charge is -2.24. The maximum absolute atomic E-state index is 13.2. The van der Waals surface area contributed by atoms with Crippen molar-refractivity contribution in [1.29, 1.82) is 0 Å². The highest BCUT2D eigenvalue weighted by molar-refractivity contribution is 5.74. The van der Waals surface area contributed by atoms with E-state index in [-0.39, 0.29) is 11.8 Å². The predicted molar refractivity (Wildman–Crippen MR) is 79.3 cm³/mol. The fourth-order valence-corrected chi connectivity index (χ4v) is 3.55. The summed E-state index contributed by atoms with van der Waals surface area (Å²) in [6.07, 6.45) is 0. The number of nitrogens with zero attached hydrogens (tertiary/aromatic N) is 3. The van der Waals surface area contributed by atoms with Gasteiger partial charge in [-0.2, -0.15) is 0 Å². The van der Waals surface area contributed by atoms with E-state index >= 15 is 0 Å². The molecule has 114 valence electrons. The third-order valence-corrected chi connectivity index (χ3v) is 4.51. The van der Waals surface area contributed by atoms with Crippen LogP contribution in [0.25, 0.3) is 0 Å². The molecule has 2 aliphatic heterocycles. The van der Waals surface area contributed by atoms with E-state index in [1.54, 1.807) is 31.1 Å². The Bertz CT molecular complexity index is 520. The first-order valence-electron chi connectivity index (χ1n) is 7.46. The molecule has 0 spiro atoms. The van der Waals surface area contributed by atoms with Gasteiger partial charge in [-0.15, -0.1) is 0 Å². The Morgan fingerprint density at radius 2 is 1.90 bits per heavy atom. The third kappa shape index (κ3) is 3.02. The number of halogens is 1. The molecule has 21 heavy (non-hydrogen) atoms. The van der Waals surface area contributed by atoms with Gasteiger partial charge in [-0.3, -0.25) is 4.90 Å². The van der Waals surface area contributed by atoms with Crippen molar-refractivity contribution in [2.24, 2.45) is 11.8 Å². The van der Waals surface area contributed by atoms with E-state index in [0.29, 0.717) is 11.8 Å². The number of hydrogen-bond acceptors (Lipinski definition) is 2. The molecule has 0 unspecified atom stereocenters. The Kier molecular flexibility index (Phi) is 3.85. The summed E-state index contributed by atoms with van der Waals surface area (Å²) < 4.78 is 13.2. The van der Waals surface area contributed by atoms with Gasteiger partial charge < -0.3 is 9.80 Å². The lowest BCUT2D eigenvalue weighted by Crippen LogP contribution is -2.39. The first-order chi connectivity index (χ1) is 10.0. The Morgan fingerprint density at radius 1 is 1.24 bits per heavy atom. The zero-order valence-corrected chi connectivity index (χ0v) is 12.6. The minimum atomic E-state index is -0.172. The second kappa shape index (κ2) is 5.64. The van der Waals surface area contributed by atoms with Crippen LogP contribution in [0.2, 0.25) is 0 Å². The minimum Gasteiger partial charge on any atom is -0.331 e. The Morgan fingerprint density at radius 3 is 2.48 bits per heavy atom. The molecular formula is C16H22FN3O. The first kappa shape index (κ1) is 14.3. The molecule has 0 saturated carbocycles. The maximum atomic E-state index is 13.2. The number of benzene rings is 1. The molecule has 1 aromatic rings. The number of carbonyl (C=O) groups is 1. The van der Waals surface area contributed by atoms with Gasteiger partial charge in [0.25, 0.3) is 0 Å². The van der Waals surface area contributed by atoms with Crippen molar-refractivity contribution in [3.8, 4) is 0 Å². The van der Waals surface area contributed by atoms with Crippen molar-refractivity contribution in [3.63, 3.8) is 0 Å². The van der Waals surface area contributed by atoms with E-state index < -0.39 is 0 Å². The van der Waals surface area contributed by atoms with Crippen molar-refractivity contribution in [2.45, 2.75) is 6.54 Å². The number of likely N-dealkylation sites (tertiary alicyclic amines) is 2. The van der Waals surface area contributed by atoms with Gasteiger partial charge in [0.1, 0.15) is 5.82 Å². The van der Waals surface area contributed by atoms with Gasteiger partial charge in [-0.05, 0) is 29.5 Å². The van der Waals surface area contributed by atoms with Crippen LogP contribution in [-0.4, -0.2) is 61.0 Å². The van der Waals surface area contributed by atoms with Crippen LogP contribution in [0.15, 0.2) is 24.3 Å². The monoisotopic (exact) mass is 291 g/mol. The molecule has 4 nitrogen and oxygen atoms in total. The van der Waals surface area contributed by atoms with Gasteiger partial charge in [0.05, 0.1) is 0 Å². The summed E-state index contributed by atoms with van der Waals surface area (Å²) in [5.74, 6) is 0.944. The van der Waals surface area contributed by atoms with E-state index in [1.165, 1.54) is 6.07 Å². The summed E-state index contributed by atoms with van der Waals surface area (Å²) in [6.45, 7) is 4.49. The van der Waals surface area contributed by atoms with Crippen molar-refractivity contribution in [2.75, 3.05) is 40.3 Å². The van der Waals surface area contributed by atoms with Crippen LogP contribution in [0.4, 0.5) is 9.18 Å². The maximum Gasteiger partial charge on any atom is 0.319 e. The highest BCUT2D eigenvalue weighted by atomic mass is 19.1. The molecule has 2 amide bonds. The molecule has 2 saturated heterocycles. The zero-order chi connectivity index (χ0) is 15.0. The van der Waals surface area contributed by atoms with Gasteiger partial charge in [0, 0.05) is 46.8 Å². The molecule has 2 atom stereocenters. The standard InChI is InChI=1S/C16H22FN3O/c1-18(2)16(21)20-10-13-8-19(9-14(13)11-20)7-12-4-3-5-15(17)6-12/h3-6,13-14H,7-11H2,1-2H3/t13-,14+.